The number of hydrogen-bond acceptors (Lipinski definition) is 14. The van der Waals surface area contributed by atoms with Gasteiger partial charge in [0.2, 0.25) is 0 Å². The molecule has 0 bridgehead atoms. The van der Waals surface area contributed by atoms with E-state index in [4.69, 9.17) is 15.3 Å². The van der Waals surface area contributed by atoms with E-state index in [1.54, 1.807) is 0 Å². The van der Waals surface area contributed by atoms with E-state index >= 15 is 0 Å². The molecular weight excluding hydrogens is 1310 g/mol. The molecule has 0 aliphatic heterocycles. The summed E-state index contributed by atoms with van der Waals surface area (Å²) in [6.45, 7) is 44.8. The molecule has 5 aromatic rings. The highest BCUT2D eigenvalue weighted by Crippen LogP contribution is 2.51. The summed E-state index contributed by atoms with van der Waals surface area (Å²) in [6.07, 6.45) is -1.83. The molecule has 0 saturated heterocycles. The van der Waals surface area contributed by atoms with Crippen molar-refractivity contribution in [3.63, 3.8) is 0 Å². The average Bonchev–Trinajstić information content (AvgIpc) is 0.792. The van der Waals surface area contributed by atoms with Crippen molar-refractivity contribution >= 4 is 23.9 Å². The van der Waals surface area contributed by atoms with Gasteiger partial charge in [0.15, 0.2) is 0 Å². The monoisotopic (exact) mass is 1440 g/mol. The van der Waals surface area contributed by atoms with E-state index in [0.29, 0.717) is 80.5 Å². The van der Waals surface area contributed by atoms with Crippen LogP contribution in [0.5, 0.6) is 23.0 Å². The lowest BCUT2D eigenvalue weighted by Crippen LogP contribution is -2.55. The van der Waals surface area contributed by atoms with Gasteiger partial charge in [-0.05, 0) is 167 Å². The van der Waals surface area contributed by atoms with Crippen molar-refractivity contribution in [3.8, 4) is 23.0 Å². The minimum atomic E-state index is -1.67. The van der Waals surface area contributed by atoms with Crippen LogP contribution in [0.3, 0.4) is 0 Å². The van der Waals surface area contributed by atoms with Crippen molar-refractivity contribution in [3.05, 3.63) is 147 Å². The molecule has 0 radical (unpaired) electrons. The number of phenolic OH excluding ortho intramolecular Hbond substituents is 4. The van der Waals surface area contributed by atoms with Crippen molar-refractivity contribution in [1.82, 2.24) is 13.7 Å². The lowest BCUT2D eigenvalue weighted by molar-refractivity contribution is -0.147. The Morgan fingerprint density at radius 1 is 0.291 bits per heavy atom. The molecule has 0 aliphatic carbocycles. The number of carbonyl (C=O) groups is 4. The normalized spacial score (nSPS) is 14.6. The van der Waals surface area contributed by atoms with Crippen LogP contribution in [0, 0.1) is 29.1 Å². The summed E-state index contributed by atoms with van der Waals surface area (Å²) in [5, 5.41) is 120. The Labute approximate surface area is 609 Å². The van der Waals surface area contributed by atoms with E-state index in [1.807, 2.05) is 215 Å². The maximum Gasteiger partial charge on any atom is 0.336 e. The predicted octanol–water partition coefficient (Wildman–Crippen LogP) is 12.7. The van der Waals surface area contributed by atoms with Crippen LogP contribution >= 0.6 is 0 Å². The second-order valence-electron chi connectivity index (χ2n) is 36.9. The van der Waals surface area contributed by atoms with Crippen LogP contribution in [0.2, 0.25) is 0 Å². The first kappa shape index (κ1) is 87.7. The molecule has 21 heteroatoms. The van der Waals surface area contributed by atoms with Crippen molar-refractivity contribution in [2.24, 2.45) is 29.1 Å². The fraction of sp³-hybridized carbons (Fsp3) is 0.622. The SMILES string of the molecule is CC(C)(C)c1cc(CC(CC(CC(Cc2cc(C(C)(C)C)c(O)c(C(C)(C)C)c2)C(=O)O)(CC(Cc2cc(C(C)(C)C)c(O)c(C(C)(C)C)c2)C(=O)O)CC(Cc2cc(C(C)(C)C)c(O)c(C(C)(C)C)c2)C(=O)O)C(=O)O)cc(C(C)(C)C)c1O.O=c1n(CCO)c(=O)n(CCO)c(=O)n1CCO. The van der Waals surface area contributed by atoms with Gasteiger partial charge in [0.1, 0.15) is 23.0 Å². The molecule has 1 aromatic heterocycles. The first-order chi connectivity index (χ1) is 46.7. The van der Waals surface area contributed by atoms with Gasteiger partial charge in [0.05, 0.1) is 63.1 Å². The molecule has 4 aromatic carbocycles. The molecule has 0 saturated carbocycles. The van der Waals surface area contributed by atoms with Gasteiger partial charge in [0.25, 0.3) is 0 Å². The van der Waals surface area contributed by atoms with E-state index in [-0.39, 0.29) is 94.0 Å². The summed E-state index contributed by atoms with van der Waals surface area (Å²) in [7, 11) is 0. The van der Waals surface area contributed by atoms with Gasteiger partial charge in [-0.3, -0.25) is 19.2 Å². The van der Waals surface area contributed by atoms with Gasteiger partial charge >= 0.3 is 40.9 Å². The summed E-state index contributed by atoms with van der Waals surface area (Å²) >= 11 is 0. The largest absolute Gasteiger partial charge is 0.507 e. The van der Waals surface area contributed by atoms with E-state index in [2.05, 4.69) is 0 Å². The van der Waals surface area contributed by atoms with Crippen molar-refractivity contribution in [1.29, 1.82) is 0 Å². The van der Waals surface area contributed by atoms with Crippen LogP contribution in [0.15, 0.2) is 62.9 Å². The molecule has 4 atom stereocenters. The Balaban J connectivity index is 0.00000108. The molecule has 574 valence electrons. The fourth-order valence-corrected chi connectivity index (χ4v) is 14.1. The number of hydrogen-bond donors (Lipinski definition) is 11. The molecule has 1 heterocycles. The first-order valence-electron chi connectivity index (χ1n) is 35.8. The zero-order valence-corrected chi connectivity index (χ0v) is 65.9. The summed E-state index contributed by atoms with van der Waals surface area (Å²) in [5.41, 5.74) is -1.88. The Kier molecular flexibility index (Phi) is 27.8. The Morgan fingerprint density at radius 2 is 0.427 bits per heavy atom. The third-order valence-electron chi connectivity index (χ3n) is 19.5. The molecule has 103 heavy (non-hydrogen) atoms. The average molecular weight is 1440 g/mol. The number of carboxylic acids is 4. The van der Waals surface area contributed by atoms with Gasteiger partial charge in [-0.1, -0.05) is 215 Å². The smallest absolute Gasteiger partial charge is 0.336 e. The van der Waals surface area contributed by atoms with Crippen LogP contribution in [-0.4, -0.2) is 114 Å². The predicted molar refractivity (Wildman–Crippen MR) is 403 cm³/mol. The van der Waals surface area contributed by atoms with Gasteiger partial charge < -0.3 is 56.2 Å². The number of carboxylic acid groups (broad SMARTS) is 4. The molecule has 0 amide bonds. The Morgan fingerprint density at radius 3 is 0.534 bits per heavy atom. The first-order valence-corrected chi connectivity index (χ1v) is 35.8. The lowest BCUT2D eigenvalue weighted by atomic mass is 9.62. The molecular formula is C82H123N3O18. The molecule has 21 nitrogen and oxygen atoms in total. The van der Waals surface area contributed by atoms with Gasteiger partial charge in [-0.2, -0.15) is 0 Å². The van der Waals surface area contributed by atoms with Gasteiger partial charge in [-0.15, -0.1) is 0 Å². The van der Waals surface area contributed by atoms with E-state index in [0.717, 1.165) is 0 Å². The number of nitrogens with zero attached hydrogens (tertiary/aromatic N) is 3. The number of phenols is 4. The molecule has 0 fully saturated rings. The number of aliphatic hydroxyl groups excluding tert-OH is 3. The van der Waals surface area contributed by atoms with Gasteiger partial charge in [-0.25, -0.2) is 28.1 Å². The van der Waals surface area contributed by atoms with Crippen LogP contribution in [0.1, 0.15) is 259 Å². The maximum absolute atomic E-state index is 14.4. The molecule has 0 aliphatic rings. The highest BCUT2D eigenvalue weighted by molar-refractivity contribution is 5.74. The lowest BCUT2D eigenvalue weighted by Gasteiger charge is -2.42. The van der Waals surface area contributed by atoms with Gasteiger partial charge in [0, 0.05) is 0 Å². The molecule has 11 N–H and O–H groups in total. The number of aromatic hydroxyl groups is 4. The van der Waals surface area contributed by atoms with Crippen molar-refractivity contribution < 1.29 is 75.3 Å². The summed E-state index contributed by atoms with van der Waals surface area (Å²) < 4.78 is 2.06. The van der Waals surface area contributed by atoms with E-state index in [1.165, 1.54) is 0 Å². The minimum Gasteiger partial charge on any atom is -0.507 e. The summed E-state index contributed by atoms with van der Waals surface area (Å²) in [6, 6.07) is 14.5. The number of benzene rings is 4. The third kappa shape index (κ3) is 22.4. The zero-order valence-electron chi connectivity index (χ0n) is 65.9. The van der Waals surface area contributed by atoms with Crippen LogP contribution in [0.4, 0.5) is 0 Å². The molecule has 4 unspecified atom stereocenters. The number of aliphatic carboxylic acids is 4. The maximum atomic E-state index is 14.4. The second kappa shape index (κ2) is 32.7. The quantitative estimate of drug-likeness (QED) is 0.0245. The topological polar surface area (TPSA) is 357 Å². The Bertz CT molecular complexity index is 3380. The summed E-state index contributed by atoms with van der Waals surface area (Å²) in [4.78, 5) is 92.8. The molecule has 5 rings (SSSR count). The number of aliphatic hydroxyl groups is 3. The van der Waals surface area contributed by atoms with Crippen molar-refractivity contribution in [2.45, 2.75) is 280 Å². The highest BCUT2D eigenvalue weighted by Gasteiger charge is 2.46. The van der Waals surface area contributed by atoms with Crippen LogP contribution in [-0.2, 0) is 108 Å². The van der Waals surface area contributed by atoms with Crippen LogP contribution < -0.4 is 17.1 Å². The minimum absolute atomic E-state index is 0.0956. The van der Waals surface area contributed by atoms with Crippen molar-refractivity contribution in [2.75, 3.05) is 19.8 Å². The highest BCUT2D eigenvalue weighted by atomic mass is 16.4. The third-order valence-corrected chi connectivity index (χ3v) is 19.5. The zero-order chi connectivity index (χ0) is 79.4. The van der Waals surface area contributed by atoms with E-state index < -0.39 is 133 Å². The van der Waals surface area contributed by atoms with Crippen LogP contribution in [0.25, 0.3) is 0 Å². The Hall–Kier alpha value is -7.75. The molecule has 0 spiro atoms. The standard InChI is InChI=1S/C73H108O12.C9H15N3O6/c1-65(2,3)49-29-41(30-50(57(49)74)66(4,5)6)25-45(61(78)79)37-73(38-46(62(80)81)26-42-31-51(67(7,8)9)58(75)52(32-42)68(10,11)12,39-47(63(82)83)27-43-33-53(69(13,14)15)59(76)54(34-43)70(16,17)18)40-48(64(84)85)28-44-35-55(71(19,20)21)60(77)56(36-44)72(22,23)24;13-4-1-10-7(16)11(2-5-14)9(18)12(3-6-15)8(10)17/h29-36,45-48,74-77H,25-28,37-40H2,1-24H3,(H,78,79)(H,80,81)(H,82,83)(H,84,85);13-15H,1-6H2. The summed E-state index contributed by atoms with van der Waals surface area (Å²) in [5.74, 6) is -9.93. The second-order valence-corrected chi connectivity index (χ2v) is 36.9. The van der Waals surface area contributed by atoms with E-state index in [9.17, 15) is 74.4 Å². The number of aromatic nitrogens is 3. The number of rotatable bonds is 26. The fourth-order valence-electron chi connectivity index (χ4n) is 14.1.